The maximum Gasteiger partial charge on any atom is 0.390 e. The number of alkyl halides is 3. The van der Waals surface area contributed by atoms with Crippen LogP contribution >= 0.6 is 0 Å². The summed E-state index contributed by atoms with van der Waals surface area (Å²) in [6.07, 6.45) is -2.53. The minimum atomic E-state index is -4.08. The molecule has 0 aliphatic carbocycles. The number of hydrogen-bond donors (Lipinski definition) is 1. The van der Waals surface area contributed by atoms with Crippen LogP contribution in [-0.4, -0.2) is 43.8 Å². The third-order valence-corrected chi connectivity index (χ3v) is 3.04. The number of unbranched alkanes of at least 4 members (excludes halogenated alkanes) is 1. The molecule has 0 aliphatic heterocycles. The standard InChI is InChI=1S/C12H22F3N3/c1-11(10-16,17-2)6-4-5-8-18(3)9-7-12(13,14)15/h17H,4-9H2,1-3H3. The van der Waals surface area contributed by atoms with E-state index in [1.165, 1.54) is 0 Å². The average molecular weight is 265 g/mol. The van der Waals surface area contributed by atoms with Crippen LogP contribution in [0.25, 0.3) is 0 Å². The first kappa shape index (κ1) is 17.2. The van der Waals surface area contributed by atoms with Crippen molar-refractivity contribution < 1.29 is 13.2 Å². The molecule has 0 aliphatic rings. The Labute approximate surface area is 107 Å². The van der Waals surface area contributed by atoms with Gasteiger partial charge >= 0.3 is 6.18 Å². The van der Waals surface area contributed by atoms with Crippen molar-refractivity contribution in [3.8, 4) is 6.07 Å². The lowest BCUT2D eigenvalue weighted by Gasteiger charge is -2.22. The fourth-order valence-electron chi connectivity index (χ4n) is 1.53. The van der Waals surface area contributed by atoms with Gasteiger partial charge in [0.2, 0.25) is 0 Å². The minimum Gasteiger partial charge on any atom is -0.306 e. The monoisotopic (exact) mass is 265 g/mol. The normalized spacial score (nSPS) is 15.4. The molecule has 0 aromatic carbocycles. The number of hydrogen-bond acceptors (Lipinski definition) is 3. The van der Waals surface area contributed by atoms with Crippen LogP contribution in [0.2, 0.25) is 0 Å². The van der Waals surface area contributed by atoms with Crippen LogP contribution in [0.1, 0.15) is 32.6 Å². The predicted molar refractivity (Wildman–Crippen MR) is 65.1 cm³/mol. The fourth-order valence-corrected chi connectivity index (χ4v) is 1.53. The van der Waals surface area contributed by atoms with E-state index in [4.69, 9.17) is 5.26 Å². The van der Waals surface area contributed by atoms with Gasteiger partial charge in [-0.05, 0) is 46.8 Å². The van der Waals surface area contributed by atoms with Crippen molar-refractivity contribution in [1.29, 1.82) is 5.26 Å². The highest BCUT2D eigenvalue weighted by atomic mass is 19.4. The second-order valence-electron chi connectivity index (χ2n) is 4.82. The Hall–Kier alpha value is -0.800. The van der Waals surface area contributed by atoms with E-state index < -0.39 is 18.1 Å². The minimum absolute atomic E-state index is 0.0328. The van der Waals surface area contributed by atoms with Gasteiger partial charge in [-0.2, -0.15) is 18.4 Å². The van der Waals surface area contributed by atoms with Gasteiger partial charge in [-0.3, -0.25) is 0 Å². The highest BCUT2D eigenvalue weighted by Gasteiger charge is 2.27. The molecule has 3 nitrogen and oxygen atoms in total. The zero-order valence-corrected chi connectivity index (χ0v) is 11.3. The van der Waals surface area contributed by atoms with E-state index in [9.17, 15) is 13.2 Å². The molecule has 0 fully saturated rings. The summed E-state index contributed by atoms with van der Waals surface area (Å²) in [5, 5.41) is 11.9. The highest BCUT2D eigenvalue weighted by Crippen LogP contribution is 2.19. The summed E-state index contributed by atoms with van der Waals surface area (Å²) in [7, 11) is 3.42. The van der Waals surface area contributed by atoms with Gasteiger partial charge in [0.05, 0.1) is 12.5 Å². The van der Waals surface area contributed by atoms with Crippen LogP contribution in [0.15, 0.2) is 0 Å². The summed E-state index contributed by atoms with van der Waals surface area (Å²) in [6.45, 7) is 2.48. The van der Waals surface area contributed by atoms with E-state index in [2.05, 4.69) is 11.4 Å². The summed E-state index contributed by atoms with van der Waals surface area (Å²) in [6, 6.07) is 2.19. The van der Waals surface area contributed by atoms with Gasteiger partial charge in [-0.25, -0.2) is 0 Å². The Morgan fingerprint density at radius 1 is 1.17 bits per heavy atom. The molecule has 0 bridgehead atoms. The van der Waals surface area contributed by atoms with Crippen molar-refractivity contribution in [3.05, 3.63) is 0 Å². The molecule has 1 unspecified atom stereocenters. The van der Waals surface area contributed by atoms with Gasteiger partial charge in [0.15, 0.2) is 0 Å². The Kier molecular flexibility index (Phi) is 7.26. The quantitative estimate of drug-likeness (QED) is 0.685. The van der Waals surface area contributed by atoms with E-state index in [0.717, 1.165) is 12.8 Å². The maximum absolute atomic E-state index is 12.0. The zero-order chi connectivity index (χ0) is 14.2. The van der Waals surface area contributed by atoms with Gasteiger partial charge in [0.1, 0.15) is 5.54 Å². The van der Waals surface area contributed by atoms with Gasteiger partial charge in [-0.15, -0.1) is 0 Å². The van der Waals surface area contributed by atoms with Crippen LogP contribution in [0.4, 0.5) is 13.2 Å². The van der Waals surface area contributed by atoms with E-state index in [0.29, 0.717) is 13.0 Å². The van der Waals surface area contributed by atoms with Crippen LogP contribution in [-0.2, 0) is 0 Å². The number of nitrogens with one attached hydrogen (secondary N) is 1. The molecule has 0 amide bonds. The Balaban J connectivity index is 3.70. The number of nitriles is 1. The van der Waals surface area contributed by atoms with Crippen molar-refractivity contribution in [2.45, 2.75) is 44.3 Å². The van der Waals surface area contributed by atoms with Gasteiger partial charge in [-0.1, -0.05) is 0 Å². The van der Waals surface area contributed by atoms with Gasteiger partial charge in [0, 0.05) is 6.54 Å². The molecule has 0 saturated heterocycles. The Morgan fingerprint density at radius 2 is 1.78 bits per heavy atom. The van der Waals surface area contributed by atoms with E-state index in [1.54, 1.807) is 19.0 Å². The molecular weight excluding hydrogens is 243 g/mol. The van der Waals surface area contributed by atoms with Crippen molar-refractivity contribution in [2.75, 3.05) is 27.2 Å². The lowest BCUT2D eigenvalue weighted by atomic mass is 9.97. The lowest BCUT2D eigenvalue weighted by Crippen LogP contribution is -2.38. The van der Waals surface area contributed by atoms with Crippen LogP contribution in [0, 0.1) is 11.3 Å². The fraction of sp³-hybridized carbons (Fsp3) is 0.917. The molecule has 0 aromatic heterocycles. The largest absolute Gasteiger partial charge is 0.390 e. The number of nitrogens with zero attached hydrogens (tertiary/aromatic N) is 2. The van der Waals surface area contributed by atoms with Crippen molar-refractivity contribution in [3.63, 3.8) is 0 Å². The molecule has 0 heterocycles. The molecule has 106 valence electrons. The van der Waals surface area contributed by atoms with Crippen molar-refractivity contribution in [2.24, 2.45) is 0 Å². The molecule has 0 aromatic rings. The Bertz CT molecular complexity index is 273. The van der Waals surface area contributed by atoms with E-state index >= 15 is 0 Å². The summed E-state index contributed by atoms with van der Waals surface area (Å²) >= 11 is 0. The summed E-state index contributed by atoms with van der Waals surface area (Å²) in [4.78, 5) is 1.68. The SMILES string of the molecule is CNC(C)(C#N)CCCCN(C)CCC(F)(F)F. The molecule has 1 atom stereocenters. The molecule has 1 N–H and O–H groups in total. The smallest absolute Gasteiger partial charge is 0.306 e. The van der Waals surface area contributed by atoms with Crippen molar-refractivity contribution in [1.82, 2.24) is 10.2 Å². The van der Waals surface area contributed by atoms with Crippen LogP contribution in [0.3, 0.4) is 0 Å². The topological polar surface area (TPSA) is 39.1 Å². The van der Waals surface area contributed by atoms with E-state index in [1.807, 2.05) is 6.92 Å². The summed E-state index contributed by atoms with van der Waals surface area (Å²) < 4.78 is 35.9. The van der Waals surface area contributed by atoms with Crippen molar-refractivity contribution >= 4 is 0 Å². The molecule has 6 heteroatoms. The zero-order valence-electron chi connectivity index (χ0n) is 11.3. The molecule has 0 radical (unpaired) electrons. The third kappa shape index (κ3) is 8.31. The highest BCUT2D eigenvalue weighted by molar-refractivity contribution is 5.02. The van der Waals surface area contributed by atoms with Gasteiger partial charge in [0.25, 0.3) is 0 Å². The first-order valence-corrected chi connectivity index (χ1v) is 6.08. The predicted octanol–water partition coefficient (Wildman–Crippen LogP) is 2.54. The Morgan fingerprint density at radius 3 is 2.22 bits per heavy atom. The van der Waals surface area contributed by atoms with Gasteiger partial charge < -0.3 is 10.2 Å². The van der Waals surface area contributed by atoms with Crippen LogP contribution < -0.4 is 5.32 Å². The average Bonchev–Trinajstić information content (AvgIpc) is 2.31. The first-order valence-electron chi connectivity index (χ1n) is 6.08. The summed E-state index contributed by atoms with van der Waals surface area (Å²) in [5.41, 5.74) is -0.537. The summed E-state index contributed by atoms with van der Waals surface area (Å²) in [5.74, 6) is 0. The van der Waals surface area contributed by atoms with Crippen LogP contribution in [0.5, 0.6) is 0 Å². The molecular formula is C12H22F3N3. The second kappa shape index (κ2) is 7.59. The molecule has 0 spiro atoms. The first-order chi connectivity index (χ1) is 8.22. The second-order valence-corrected chi connectivity index (χ2v) is 4.82. The number of rotatable bonds is 8. The molecule has 0 rings (SSSR count). The third-order valence-electron chi connectivity index (χ3n) is 3.04. The molecule has 18 heavy (non-hydrogen) atoms. The molecule has 0 saturated carbocycles. The lowest BCUT2D eigenvalue weighted by molar-refractivity contribution is -0.137. The maximum atomic E-state index is 12.0. The van der Waals surface area contributed by atoms with E-state index in [-0.39, 0.29) is 6.54 Å². The number of halogens is 3.